The fraction of sp³-hybridized carbons (Fsp3) is 0.222. The molecule has 1 aromatic carbocycles. The number of hydrogen-bond acceptors (Lipinski definition) is 3. The van der Waals surface area contributed by atoms with E-state index < -0.39 is 7.04 Å². The van der Waals surface area contributed by atoms with E-state index in [1.54, 1.807) is 0 Å². The number of para-hydroxylation sites is 1. The summed E-state index contributed by atoms with van der Waals surface area (Å²) in [5.74, 6) is -1.03. The van der Waals surface area contributed by atoms with Crippen LogP contribution in [0.1, 0.15) is 21.4 Å². The summed E-state index contributed by atoms with van der Waals surface area (Å²) in [5.41, 5.74) is 0.0473. The van der Waals surface area contributed by atoms with E-state index in [2.05, 4.69) is 4.74 Å². The van der Waals surface area contributed by atoms with E-state index in [0.29, 0.717) is 0 Å². The van der Waals surface area contributed by atoms with Crippen LogP contribution in [-0.2, 0) is 0 Å². The van der Waals surface area contributed by atoms with Gasteiger partial charge >= 0.3 is 0 Å². The highest BCUT2D eigenvalue weighted by atomic mass is 16.5. The van der Waals surface area contributed by atoms with E-state index in [0.717, 1.165) is 0 Å². The Labute approximate surface area is 74.8 Å². The predicted molar refractivity (Wildman–Crippen MR) is 44.7 cm³/mol. The molecule has 3 heteroatoms. The second kappa shape index (κ2) is 3.26. The van der Waals surface area contributed by atoms with Crippen molar-refractivity contribution in [1.82, 2.24) is 0 Å². The maximum absolute atomic E-state index is 11.1. The molecule has 0 fully saturated rings. The lowest BCUT2D eigenvalue weighted by atomic mass is 10.1. The molecule has 3 nitrogen and oxygen atoms in total. The van der Waals surface area contributed by atoms with E-state index >= 15 is 0 Å². The predicted octanol–water partition coefficient (Wildman–Crippen LogP) is 1.60. The Kier molecular flexibility index (Phi) is 1.41. The van der Waals surface area contributed by atoms with Crippen LogP contribution in [0, 0.1) is 0 Å². The van der Waals surface area contributed by atoms with Crippen LogP contribution in [0.15, 0.2) is 18.2 Å². The van der Waals surface area contributed by atoms with Gasteiger partial charge in [-0.2, -0.15) is 0 Å². The van der Waals surface area contributed by atoms with Gasteiger partial charge in [0.2, 0.25) is 0 Å². The van der Waals surface area contributed by atoms with Gasteiger partial charge in [0, 0.05) is 0 Å². The molecule has 0 heterocycles. The Hall–Kier alpha value is -1.51. The average molecular weight is 169 g/mol. The summed E-state index contributed by atoms with van der Waals surface area (Å²) in [6, 6.07) is 4.09. The minimum Gasteiger partial charge on any atom is -0.504 e. The molecule has 0 unspecified atom stereocenters. The van der Waals surface area contributed by atoms with E-state index in [1.165, 1.54) is 25.1 Å². The van der Waals surface area contributed by atoms with E-state index in [9.17, 15) is 9.90 Å². The molecule has 0 spiro atoms. The van der Waals surface area contributed by atoms with Crippen LogP contribution in [0.3, 0.4) is 0 Å². The molecule has 0 aromatic heterocycles. The molecule has 0 saturated carbocycles. The van der Waals surface area contributed by atoms with Crippen molar-refractivity contribution in [2.24, 2.45) is 0 Å². The minimum atomic E-state index is -2.69. The zero-order valence-electron chi connectivity index (χ0n) is 9.50. The van der Waals surface area contributed by atoms with Gasteiger partial charge in [0.05, 0.1) is 16.7 Å². The van der Waals surface area contributed by atoms with Crippen LogP contribution in [-0.4, -0.2) is 17.9 Å². The molecule has 0 aliphatic rings. The van der Waals surface area contributed by atoms with Crippen molar-refractivity contribution < 1.29 is 18.8 Å². The van der Waals surface area contributed by atoms with Crippen molar-refractivity contribution in [2.45, 2.75) is 6.92 Å². The van der Waals surface area contributed by atoms with E-state index in [1.807, 2.05) is 0 Å². The highest BCUT2D eigenvalue weighted by Crippen LogP contribution is 2.29. The second-order valence-electron chi connectivity index (χ2n) is 2.31. The van der Waals surface area contributed by atoms with Gasteiger partial charge < -0.3 is 9.84 Å². The van der Waals surface area contributed by atoms with Crippen LogP contribution < -0.4 is 4.74 Å². The first kappa shape index (κ1) is 5.19. The number of ketones is 1. The maximum atomic E-state index is 11.1. The molecule has 0 atom stereocenters. The Morgan fingerprint density at radius 3 is 3.00 bits per heavy atom. The molecule has 1 rings (SSSR count). The quantitative estimate of drug-likeness (QED) is 0.684. The summed E-state index contributed by atoms with van der Waals surface area (Å²) < 4.78 is 25.2. The SMILES string of the molecule is [2H]C([2H])([2H])Oc1c(O)cccc1C(C)=O. The van der Waals surface area contributed by atoms with Gasteiger partial charge in [-0.05, 0) is 19.1 Å². The minimum absolute atomic E-state index is 0.0473. The molecule has 0 bridgehead atoms. The van der Waals surface area contributed by atoms with Crippen LogP contribution in [0.25, 0.3) is 0 Å². The molecule has 64 valence electrons. The van der Waals surface area contributed by atoms with Gasteiger partial charge in [0.15, 0.2) is 17.3 Å². The van der Waals surface area contributed by atoms with Crippen molar-refractivity contribution in [1.29, 1.82) is 0 Å². The first-order chi connectivity index (χ1) is 6.81. The molecule has 0 amide bonds. The van der Waals surface area contributed by atoms with Gasteiger partial charge in [-0.25, -0.2) is 0 Å². The largest absolute Gasteiger partial charge is 0.504 e. The summed E-state index contributed by atoms with van der Waals surface area (Å²) >= 11 is 0. The van der Waals surface area contributed by atoms with Crippen molar-refractivity contribution in [3.05, 3.63) is 23.8 Å². The number of Topliss-reactive ketones (excluding diaryl/α,β-unsaturated/α-hetero) is 1. The first-order valence-corrected chi connectivity index (χ1v) is 3.33. The molecule has 0 radical (unpaired) electrons. The number of phenols is 1. The lowest BCUT2D eigenvalue weighted by Gasteiger charge is -2.06. The topological polar surface area (TPSA) is 46.5 Å². The maximum Gasteiger partial charge on any atom is 0.171 e. The lowest BCUT2D eigenvalue weighted by Crippen LogP contribution is -1.96. The van der Waals surface area contributed by atoms with Crippen molar-refractivity contribution in [3.63, 3.8) is 0 Å². The highest BCUT2D eigenvalue weighted by molar-refractivity contribution is 5.97. The number of aromatic hydroxyl groups is 1. The average Bonchev–Trinajstić information content (AvgIpc) is 2.05. The Morgan fingerprint density at radius 1 is 1.67 bits per heavy atom. The van der Waals surface area contributed by atoms with Crippen molar-refractivity contribution in [2.75, 3.05) is 7.04 Å². The summed E-state index contributed by atoms with van der Waals surface area (Å²) in [6.45, 7) is 1.27. The fourth-order valence-electron chi connectivity index (χ4n) is 0.909. The van der Waals surface area contributed by atoms with Gasteiger partial charge in [0.1, 0.15) is 0 Å². The van der Waals surface area contributed by atoms with Gasteiger partial charge in [-0.15, -0.1) is 0 Å². The normalized spacial score (nSPS) is 14.2. The van der Waals surface area contributed by atoms with Gasteiger partial charge in [0.25, 0.3) is 0 Å². The molecular weight excluding hydrogens is 156 g/mol. The summed E-state index contributed by atoms with van der Waals surface area (Å²) in [5, 5.41) is 9.38. The van der Waals surface area contributed by atoms with Crippen LogP contribution in [0.2, 0.25) is 0 Å². The van der Waals surface area contributed by atoms with Crippen molar-refractivity contribution in [3.8, 4) is 11.5 Å². The number of rotatable bonds is 2. The molecule has 1 N–H and O–H groups in total. The molecule has 0 saturated heterocycles. The molecule has 0 aliphatic heterocycles. The number of methoxy groups -OCH3 is 1. The Balaban J connectivity index is 3.19. The molecular formula is C9H10O3. The number of hydrogen-bond donors (Lipinski definition) is 1. The number of ether oxygens (including phenoxy) is 1. The van der Waals surface area contributed by atoms with Crippen LogP contribution in [0.4, 0.5) is 0 Å². The fourth-order valence-corrected chi connectivity index (χ4v) is 0.909. The Morgan fingerprint density at radius 2 is 2.42 bits per heavy atom. The van der Waals surface area contributed by atoms with Crippen LogP contribution in [0.5, 0.6) is 11.5 Å². The standard InChI is InChI=1S/C9H10O3/c1-6(10)7-4-3-5-8(11)9(7)12-2/h3-5,11H,1-2H3/i2D3. The first-order valence-electron chi connectivity index (χ1n) is 4.83. The van der Waals surface area contributed by atoms with Crippen molar-refractivity contribution >= 4 is 5.78 Å². The molecule has 12 heavy (non-hydrogen) atoms. The molecule has 1 aromatic rings. The number of phenolic OH excluding ortho intramolecular Hbond substituents is 1. The summed E-state index contributed by atoms with van der Waals surface area (Å²) in [6.07, 6.45) is 0. The van der Waals surface area contributed by atoms with E-state index in [-0.39, 0.29) is 22.8 Å². The summed E-state index contributed by atoms with van der Waals surface area (Å²) in [4.78, 5) is 11.1. The highest BCUT2D eigenvalue weighted by Gasteiger charge is 2.10. The van der Waals surface area contributed by atoms with Crippen LogP contribution >= 0.6 is 0 Å². The summed E-state index contributed by atoms with van der Waals surface area (Å²) in [7, 11) is -2.69. The van der Waals surface area contributed by atoms with Gasteiger partial charge in [-0.1, -0.05) is 6.07 Å². The lowest BCUT2D eigenvalue weighted by molar-refractivity contribution is 0.101. The second-order valence-corrected chi connectivity index (χ2v) is 2.31. The third-order valence-electron chi connectivity index (χ3n) is 1.48. The van der Waals surface area contributed by atoms with Gasteiger partial charge in [-0.3, -0.25) is 4.79 Å². The zero-order valence-corrected chi connectivity index (χ0v) is 6.50. The smallest absolute Gasteiger partial charge is 0.171 e. The van der Waals surface area contributed by atoms with E-state index in [4.69, 9.17) is 4.11 Å². The Bertz CT molecular complexity index is 385. The number of benzene rings is 1. The molecule has 0 aliphatic carbocycles. The zero-order chi connectivity index (χ0) is 11.6. The number of carbonyl (C=O) groups excluding carboxylic acids is 1. The third-order valence-corrected chi connectivity index (χ3v) is 1.48. The third kappa shape index (κ3) is 1.39. The number of carbonyl (C=O) groups is 1. The monoisotopic (exact) mass is 169 g/mol.